The van der Waals surface area contributed by atoms with Gasteiger partial charge in [0, 0.05) is 19.3 Å². The van der Waals surface area contributed by atoms with Gasteiger partial charge < -0.3 is 24.2 Å². The van der Waals surface area contributed by atoms with Crippen molar-refractivity contribution >= 4 is 25.7 Å². The number of carbonyl (C=O) groups excluding carboxylic acids is 3. The van der Waals surface area contributed by atoms with E-state index < -0.39 is 57.8 Å². The van der Waals surface area contributed by atoms with Gasteiger partial charge in [-0.1, -0.05) is 265 Å². The van der Waals surface area contributed by atoms with Crippen LogP contribution in [0.3, 0.4) is 0 Å². The van der Waals surface area contributed by atoms with Crippen molar-refractivity contribution in [2.45, 2.75) is 315 Å². The van der Waals surface area contributed by atoms with Gasteiger partial charge in [0.2, 0.25) is 0 Å². The third kappa shape index (κ3) is 49.5. The fourth-order valence-corrected chi connectivity index (χ4v) is 9.38. The molecule has 0 spiro atoms. The summed E-state index contributed by atoms with van der Waals surface area (Å²) >= 11 is 0. The molecular formula is C56H109O11P. The monoisotopic (exact) mass is 989 g/mol. The fraction of sp³-hybridized carbons (Fsp3) is 0.946. The van der Waals surface area contributed by atoms with Gasteiger partial charge in [0.15, 0.2) is 6.10 Å². The van der Waals surface area contributed by atoms with Gasteiger partial charge >= 0.3 is 25.7 Å². The topological polar surface area (TPSA) is 155 Å². The molecule has 0 amide bonds. The molecule has 0 aliphatic carbocycles. The van der Waals surface area contributed by atoms with E-state index in [0.717, 1.165) is 57.8 Å². The van der Waals surface area contributed by atoms with Crippen LogP contribution in [0.5, 0.6) is 0 Å². The molecule has 12 heteroatoms. The maximum absolute atomic E-state index is 12.9. The Labute approximate surface area is 418 Å². The number of ether oxygens (including phenoxy) is 3. The molecule has 3 unspecified atom stereocenters. The SMILES string of the molecule is CCCCCCCCCCCCCCCCCCCC(=O)OC(COC(=O)CCCCCCCCCCCCCCC)COP(=O)(O)OCC(CO)OC(=O)CCCCCCCCCCCCC. The third-order valence-corrected chi connectivity index (χ3v) is 14.0. The van der Waals surface area contributed by atoms with Crippen LogP contribution in [0, 0.1) is 0 Å². The molecule has 0 aliphatic heterocycles. The highest BCUT2D eigenvalue weighted by Gasteiger charge is 2.28. The number of unbranched alkanes of at least 4 members (excludes halogenated alkanes) is 38. The predicted octanol–water partition coefficient (Wildman–Crippen LogP) is 16.7. The van der Waals surface area contributed by atoms with Gasteiger partial charge in [0.1, 0.15) is 12.7 Å². The first-order valence-electron chi connectivity index (χ1n) is 28.9. The highest BCUT2D eigenvalue weighted by molar-refractivity contribution is 7.47. The second-order valence-electron chi connectivity index (χ2n) is 19.8. The molecule has 0 aromatic heterocycles. The molecule has 11 nitrogen and oxygen atoms in total. The first-order valence-corrected chi connectivity index (χ1v) is 30.4. The second kappa shape index (κ2) is 51.8. The number of hydrogen-bond acceptors (Lipinski definition) is 10. The summed E-state index contributed by atoms with van der Waals surface area (Å²) in [6.07, 6.45) is 47.7. The van der Waals surface area contributed by atoms with E-state index >= 15 is 0 Å². The Kier molecular flexibility index (Phi) is 50.7. The van der Waals surface area contributed by atoms with Crippen molar-refractivity contribution in [1.82, 2.24) is 0 Å². The van der Waals surface area contributed by atoms with Crippen molar-refractivity contribution < 1.29 is 52.2 Å². The van der Waals surface area contributed by atoms with Crippen molar-refractivity contribution in [3.05, 3.63) is 0 Å². The zero-order valence-corrected chi connectivity index (χ0v) is 45.5. The van der Waals surface area contributed by atoms with Gasteiger partial charge in [-0.3, -0.25) is 23.4 Å². The largest absolute Gasteiger partial charge is 0.472 e. The van der Waals surface area contributed by atoms with Crippen molar-refractivity contribution in [1.29, 1.82) is 0 Å². The molecule has 0 aliphatic rings. The Morgan fingerprint density at radius 2 is 0.588 bits per heavy atom. The Bertz CT molecular complexity index is 1150. The van der Waals surface area contributed by atoms with Gasteiger partial charge in [-0.15, -0.1) is 0 Å². The minimum absolute atomic E-state index is 0.179. The lowest BCUT2D eigenvalue weighted by Crippen LogP contribution is -2.30. The van der Waals surface area contributed by atoms with E-state index in [4.69, 9.17) is 23.3 Å². The van der Waals surface area contributed by atoms with E-state index in [1.165, 1.54) is 186 Å². The van der Waals surface area contributed by atoms with E-state index in [2.05, 4.69) is 20.8 Å². The Hall–Kier alpha value is -1.52. The number of esters is 3. The minimum atomic E-state index is -4.73. The average Bonchev–Trinajstić information content (AvgIpc) is 3.32. The summed E-state index contributed by atoms with van der Waals surface area (Å²) in [6, 6.07) is 0. The minimum Gasteiger partial charge on any atom is -0.462 e. The average molecular weight is 989 g/mol. The first-order chi connectivity index (χ1) is 33.2. The molecule has 0 bridgehead atoms. The Morgan fingerprint density at radius 3 is 0.868 bits per heavy atom. The first kappa shape index (κ1) is 66.5. The molecular weight excluding hydrogens is 880 g/mol. The number of carbonyl (C=O) groups is 3. The normalized spacial score (nSPS) is 13.3. The zero-order valence-electron chi connectivity index (χ0n) is 44.6. The summed E-state index contributed by atoms with van der Waals surface area (Å²) in [4.78, 5) is 48.4. The van der Waals surface area contributed by atoms with Gasteiger partial charge in [-0.05, 0) is 19.3 Å². The quantitative estimate of drug-likeness (QED) is 0.0259. The molecule has 0 rings (SSSR count). The van der Waals surface area contributed by atoms with Gasteiger partial charge in [-0.2, -0.15) is 0 Å². The molecule has 0 saturated heterocycles. The van der Waals surface area contributed by atoms with E-state index in [9.17, 15) is 28.9 Å². The number of hydrogen-bond donors (Lipinski definition) is 2. The van der Waals surface area contributed by atoms with Crippen LogP contribution in [0.25, 0.3) is 0 Å². The standard InChI is InChI=1S/C56H109O11P/c1-4-7-10-13-16-19-22-24-25-26-27-29-32-35-38-41-44-47-56(60)67-53(49-63-54(58)45-42-39-36-33-31-28-23-20-17-14-11-8-5-2)51-65-68(61,62)64-50-52(48-57)66-55(59)46-43-40-37-34-30-21-18-15-12-9-6-3/h52-53,57H,4-51H2,1-3H3,(H,61,62). The van der Waals surface area contributed by atoms with Crippen molar-refractivity contribution in [2.24, 2.45) is 0 Å². The lowest BCUT2D eigenvalue weighted by atomic mass is 10.0. The molecule has 0 aromatic carbocycles. The molecule has 2 N–H and O–H groups in total. The smallest absolute Gasteiger partial charge is 0.462 e. The highest BCUT2D eigenvalue weighted by atomic mass is 31.2. The number of aliphatic hydroxyl groups excluding tert-OH is 1. The highest BCUT2D eigenvalue weighted by Crippen LogP contribution is 2.43. The summed E-state index contributed by atoms with van der Waals surface area (Å²) in [6.45, 7) is 4.70. The van der Waals surface area contributed by atoms with Crippen LogP contribution in [0.1, 0.15) is 303 Å². The molecule has 68 heavy (non-hydrogen) atoms. The van der Waals surface area contributed by atoms with Gasteiger partial charge in [0.25, 0.3) is 0 Å². The predicted molar refractivity (Wildman–Crippen MR) is 280 cm³/mol. The fourth-order valence-electron chi connectivity index (χ4n) is 8.59. The molecule has 0 heterocycles. The van der Waals surface area contributed by atoms with Crippen LogP contribution >= 0.6 is 7.82 Å². The number of phosphoric ester groups is 1. The summed E-state index contributed by atoms with van der Waals surface area (Å²) in [5.74, 6) is -1.43. The van der Waals surface area contributed by atoms with E-state index in [1.807, 2.05) is 0 Å². The molecule has 0 fully saturated rings. The number of phosphoric acid groups is 1. The van der Waals surface area contributed by atoms with Crippen LogP contribution in [-0.4, -0.2) is 66.5 Å². The van der Waals surface area contributed by atoms with Gasteiger partial charge in [-0.25, -0.2) is 4.57 Å². The van der Waals surface area contributed by atoms with Crippen LogP contribution in [0.15, 0.2) is 0 Å². The van der Waals surface area contributed by atoms with E-state index in [1.54, 1.807) is 0 Å². The number of rotatable bonds is 55. The maximum Gasteiger partial charge on any atom is 0.472 e. The summed E-state index contributed by atoms with van der Waals surface area (Å²) in [7, 11) is -4.73. The van der Waals surface area contributed by atoms with Crippen LogP contribution in [0.4, 0.5) is 0 Å². The Morgan fingerprint density at radius 1 is 0.353 bits per heavy atom. The number of aliphatic hydroxyl groups is 1. The van der Waals surface area contributed by atoms with Crippen LogP contribution < -0.4 is 0 Å². The Balaban J connectivity index is 4.66. The lowest BCUT2D eigenvalue weighted by molar-refractivity contribution is -0.161. The molecule has 404 valence electrons. The van der Waals surface area contributed by atoms with Crippen LogP contribution in [-0.2, 0) is 42.2 Å². The zero-order chi connectivity index (χ0) is 49.9. The van der Waals surface area contributed by atoms with Crippen molar-refractivity contribution in [2.75, 3.05) is 26.4 Å². The van der Waals surface area contributed by atoms with E-state index in [-0.39, 0.29) is 25.9 Å². The maximum atomic E-state index is 12.9. The molecule has 0 aromatic rings. The molecule has 0 saturated carbocycles. The third-order valence-electron chi connectivity index (χ3n) is 13.0. The summed E-state index contributed by atoms with van der Waals surface area (Å²) in [5, 5.41) is 9.78. The van der Waals surface area contributed by atoms with Gasteiger partial charge in [0.05, 0.1) is 19.8 Å². The molecule has 0 radical (unpaired) electrons. The van der Waals surface area contributed by atoms with E-state index in [0.29, 0.717) is 19.3 Å². The van der Waals surface area contributed by atoms with Crippen LogP contribution in [0.2, 0.25) is 0 Å². The molecule has 3 atom stereocenters. The van der Waals surface area contributed by atoms with Crippen molar-refractivity contribution in [3.63, 3.8) is 0 Å². The lowest BCUT2D eigenvalue weighted by Gasteiger charge is -2.21. The summed E-state index contributed by atoms with van der Waals surface area (Å²) < 4.78 is 39.5. The van der Waals surface area contributed by atoms with Crippen molar-refractivity contribution in [3.8, 4) is 0 Å². The summed E-state index contributed by atoms with van der Waals surface area (Å²) in [5.41, 5.74) is 0. The second-order valence-corrected chi connectivity index (χ2v) is 21.3.